The minimum atomic E-state index is -0.0999. The Balaban J connectivity index is 2.13. The molecule has 0 aliphatic heterocycles. The highest BCUT2D eigenvalue weighted by molar-refractivity contribution is 7.09. The van der Waals surface area contributed by atoms with Crippen LogP contribution in [-0.2, 0) is 6.42 Å². The highest BCUT2D eigenvalue weighted by Crippen LogP contribution is 2.16. The number of hydrogen-bond donors (Lipinski definition) is 2. The van der Waals surface area contributed by atoms with Gasteiger partial charge in [0.25, 0.3) is 0 Å². The highest BCUT2D eigenvalue weighted by atomic mass is 32.1. The summed E-state index contributed by atoms with van der Waals surface area (Å²) in [6.07, 6.45) is 4.28. The lowest BCUT2D eigenvalue weighted by atomic mass is 10.1. The molecule has 1 atom stereocenters. The molecule has 0 fully saturated rings. The van der Waals surface area contributed by atoms with E-state index in [1.54, 1.807) is 23.7 Å². The van der Waals surface area contributed by atoms with E-state index in [4.69, 9.17) is 5.84 Å². The number of hydrogen-bond acceptors (Lipinski definition) is 6. The predicted octanol–water partition coefficient (Wildman–Crippen LogP) is 1.30. The summed E-state index contributed by atoms with van der Waals surface area (Å²) in [5, 5.41) is 3.09. The summed E-state index contributed by atoms with van der Waals surface area (Å²) >= 11 is 1.63. The van der Waals surface area contributed by atoms with Gasteiger partial charge in [-0.1, -0.05) is 0 Å². The van der Waals surface area contributed by atoms with Crippen molar-refractivity contribution in [3.05, 3.63) is 39.9 Å². The second-order valence-corrected chi connectivity index (χ2v) is 4.96. The molecule has 2 aromatic rings. The molecule has 17 heavy (non-hydrogen) atoms. The average Bonchev–Trinajstić information content (AvgIpc) is 2.73. The Kier molecular flexibility index (Phi) is 3.78. The second-order valence-electron chi connectivity index (χ2n) is 3.90. The number of aryl methyl sites for hydroxylation is 2. The molecule has 0 bridgehead atoms. The molecule has 0 aromatic carbocycles. The van der Waals surface area contributed by atoms with Crippen molar-refractivity contribution >= 4 is 11.3 Å². The minimum Gasteiger partial charge on any atom is -0.271 e. The number of nitrogens with one attached hydrogen (secondary N) is 1. The summed E-state index contributed by atoms with van der Waals surface area (Å²) in [5.74, 6) is 6.24. The number of nitrogens with zero attached hydrogens (tertiary/aromatic N) is 3. The van der Waals surface area contributed by atoms with E-state index >= 15 is 0 Å². The monoisotopic (exact) mass is 249 g/mol. The number of hydrazine groups is 1. The maximum Gasteiger partial charge on any atom is 0.146 e. The lowest BCUT2D eigenvalue weighted by molar-refractivity contribution is 0.517. The molecule has 6 heteroatoms. The van der Waals surface area contributed by atoms with E-state index in [2.05, 4.69) is 20.4 Å². The van der Waals surface area contributed by atoms with Crippen molar-refractivity contribution < 1.29 is 0 Å². The topological polar surface area (TPSA) is 76.7 Å². The van der Waals surface area contributed by atoms with E-state index in [1.165, 1.54) is 0 Å². The Labute approximate surface area is 104 Å². The number of nitrogens with two attached hydrogens (primary N) is 1. The van der Waals surface area contributed by atoms with Crippen molar-refractivity contribution in [2.45, 2.75) is 26.3 Å². The van der Waals surface area contributed by atoms with Gasteiger partial charge in [-0.15, -0.1) is 11.3 Å². The van der Waals surface area contributed by atoms with E-state index in [1.807, 2.05) is 19.2 Å². The number of thiazole rings is 1. The molecule has 2 rings (SSSR count). The summed E-state index contributed by atoms with van der Waals surface area (Å²) in [5.41, 5.74) is 4.78. The first kappa shape index (κ1) is 12.1. The Morgan fingerprint density at radius 2 is 2.06 bits per heavy atom. The Morgan fingerprint density at radius 3 is 2.59 bits per heavy atom. The van der Waals surface area contributed by atoms with Crippen molar-refractivity contribution in [3.63, 3.8) is 0 Å². The first-order chi connectivity index (χ1) is 8.19. The average molecular weight is 249 g/mol. The summed E-state index contributed by atoms with van der Waals surface area (Å²) in [6, 6.07) is -0.0999. The zero-order valence-corrected chi connectivity index (χ0v) is 10.7. The third-order valence-corrected chi connectivity index (χ3v) is 3.22. The van der Waals surface area contributed by atoms with Gasteiger partial charge >= 0.3 is 0 Å². The molecule has 90 valence electrons. The first-order valence-corrected chi connectivity index (χ1v) is 6.22. The lowest BCUT2D eigenvalue weighted by Crippen LogP contribution is -2.31. The lowest BCUT2D eigenvalue weighted by Gasteiger charge is -2.12. The first-order valence-electron chi connectivity index (χ1n) is 5.34. The third-order valence-electron chi connectivity index (χ3n) is 2.39. The zero-order valence-electron chi connectivity index (χ0n) is 9.84. The van der Waals surface area contributed by atoms with Crippen LogP contribution in [0.15, 0.2) is 17.8 Å². The third kappa shape index (κ3) is 3.06. The van der Waals surface area contributed by atoms with Crippen molar-refractivity contribution in [2.24, 2.45) is 5.84 Å². The smallest absolute Gasteiger partial charge is 0.146 e. The minimum absolute atomic E-state index is 0.0999. The fourth-order valence-electron chi connectivity index (χ4n) is 1.52. The van der Waals surface area contributed by atoms with Crippen LogP contribution in [0.4, 0.5) is 0 Å². The van der Waals surface area contributed by atoms with Crippen LogP contribution in [0.1, 0.15) is 28.1 Å². The molecule has 2 heterocycles. The van der Waals surface area contributed by atoms with Crippen molar-refractivity contribution in [1.29, 1.82) is 0 Å². The van der Waals surface area contributed by atoms with Gasteiger partial charge in [0.05, 0.1) is 16.7 Å². The van der Waals surface area contributed by atoms with Crippen LogP contribution < -0.4 is 11.3 Å². The molecule has 0 amide bonds. The van der Waals surface area contributed by atoms with Crippen molar-refractivity contribution in [1.82, 2.24) is 20.4 Å². The van der Waals surface area contributed by atoms with Crippen LogP contribution in [-0.4, -0.2) is 15.0 Å². The standard InChI is InChI=1S/C11H15N5S/c1-7-4-13-11(14-5-7)10(16-12)3-9-6-17-8(2)15-9/h4-6,10,16H,3,12H2,1-2H3. The molecular formula is C11H15N5S. The van der Waals surface area contributed by atoms with Crippen LogP contribution in [0.2, 0.25) is 0 Å². The van der Waals surface area contributed by atoms with Crippen LogP contribution in [0, 0.1) is 13.8 Å². The van der Waals surface area contributed by atoms with Gasteiger partial charge in [0.1, 0.15) is 5.82 Å². The second kappa shape index (κ2) is 5.31. The van der Waals surface area contributed by atoms with Crippen LogP contribution in [0.3, 0.4) is 0 Å². The molecule has 5 nitrogen and oxygen atoms in total. The van der Waals surface area contributed by atoms with Crippen molar-refractivity contribution in [3.8, 4) is 0 Å². The molecule has 0 aliphatic rings. The van der Waals surface area contributed by atoms with Gasteiger partial charge < -0.3 is 0 Å². The largest absolute Gasteiger partial charge is 0.271 e. The molecule has 3 N–H and O–H groups in total. The highest BCUT2D eigenvalue weighted by Gasteiger charge is 2.14. The molecule has 2 aromatic heterocycles. The number of rotatable bonds is 4. The molecule has 0 saturated heterocycles. The Bertz CT molecular complexity index is 479. The van der Waals surface area contributed by atoms with E-state index in [0.29, 0.717) is 12.2 Å². The molecule has 0 saturated carbocycles. The van der Waals surface area contributed by atoms with Crippen LogP contribution in [0.25, 0.3) is 0 Å². The summed E-state index contributed by atoms with van der Waals surface area (Å²) in [6.45, 7) is 3.94. The Hall–Kier alpha value is -1.37. The summed E-state index contributed by atoms with van der Waals surface area (Å²) < 4.78 is 0. The van der Waals surface area contributed by atoms with Crippen molar-refractivity contribution in [2.75, 3.05) is 0 Å². The van der Waals surface area contributed by atoms with Gasteiger partial charge in [0.15, 0.2) is 0 Å². The quantitative estimate of drug-likeness (QED) is 0.631. The summed E-state index contributed by atoms with van der Waals surface area (Å²) in [7, 11) is 0. The molecular weight excluding hydrogens is 234 g/mol. The summed E-state index contributed by atoms with van der Waals surface area (Å²) in [4.78, 5) is 13.0. The van der Waals surface area contributed by atoms with Gasteiger partial charge in [-0.3, -0.25) is 5.84 Å². The fourth-order valence-corrected chi connectivity index (χ4v) is 2.14. The fraction of sp³-hybridized carbons (Fsp3) is 0.364. The van der Waals surface area contributed by atoms with Gasteiger partial charge in [-0.25, -0.2) is 20.4 Å². The normalized spacial score (nSPS) is 12.6. The molecule has 0 aliphatic carbocycles. The van der Waals surface area contributed by atoms with Crippen LogP contribution >= 0.6 is 11.3 Å². The maximum atomic E-state index is 5.54. The maximum absolute atomic E-state index is 5.54. The molecule has 0 radical (unpaired) electrons. The number of aromatic nitrogens is 3. The van der Waals surface area contributed by atoms with E-state index in [9.17, 15) is 0 Å². The van der Waals surface area contributed by atoms with Gasteiger partial charge in [0.2, 0.25) is 0 Å². The van der Waals surface area contributed by atoms with E-state index in [0.717, 1.165) is 16.3 Å². The predicted molar refractivity (Wildman–Crippen MR) is 67.4 cm³/mol. The Morgan fingerprint density at radius 1 is 1.35 bits per heavy atom. The van der Waals surface area contributed by atoms with E-state index < -0.39 is 0 Å². The van der Waals surface area contributed by atoms with E-state index in [-0.39, 0.29) is 6.04 Å². The van der Waals surface area contributed by atoms with Gasteiger partial charge in [-0.05, 0) is 19.4 Å². The molecule has 0 spiro atoms. The SMILES string of the molecule is Cc1cnc(C(Cc2csc(C)n2)NN)nc1. The van der Waals surface area contributed by atoms with Gasteiger partial charge in [0, 0.05) is 24.2 Å². The molecule has 1 unspecified atom stereocenters. The van der Waals surface area contributed by atoms with Crippen LogP contribution in [0.5, 0.6) is 0 Å². The zero-order chi connectivity index (χ0) is 12.3. The van der Waals surface area contributed by atoms with Gasteiger partial charge in [-0.2, -0.15) is 0 Å².